The first-order valence-corrected chi connectivity index (χ1v) is 12.7. The molecule has 0 atom stereocenters. The van der Waals surface area contributed by atoms with E-state index in [4.69, 9.17) is 9.47 Å². The minimum atomic E-state index is -0.0466. The molecule has 38 heavy (non-hydrogen) atoms. The van der Waals surface area contributed by atoms with Gasteiger partial charge in [-0.15, -0.1) is 0 Å². The van der Waals surface area contributed by atoms with Gasteiger partial charge in [-0.2, -0.15) is 0 Å². The van der Waals surface area contributed by atoms with E-state index in [9.17, 15) is 0 Å². The van der Waals surface area contributed by atoms with Crippen molar-refractivity contribution in [1.29, 1.82) is 0 Å². The summed E-state index contributed by atoms with van der Waals surface area (Å²) in [5, 5.41) is 0. The molecular weight excluding hydrogens is 472 g/mol. The van der Waals surface area contributed by atoms with Crippen LogP contribution in [0.25, 0.3) is 11.1 Å². The van der Waals surface area contributed by atoms with E-state index in [1.165, 1.54) is 0 Å². The highest BCUT2D eigenvalue weighted by atomic mass is 16.5. The average molecular weight is 503 g/mol. The molecule has 6 aromatic rings. The van der Waals surface area contributed by atoms with Gasteiger partial charge >= 0.3 is 0 Å². The minimum Gasteiger partial charge on any atom is -0.496 e. The topological polar surface area (TPSA) is 81.6 Å². The normalized spacial score (nSPS) is 11.4. The fraction of sp³-hybridized carbons (Fsp3) is 0.125. The first kappa shape index (κ1) is 23.6. The van der Waals surface area contributed by atoms with Crippen LogP contribution in [0, 0.1) is 0 Å². The summed E-state index contributed by atoms with van der Waals surface area (Å²) >= 11 is 0. The Balaban J connectivity index is 1.54. The van der Waals surface area contributed by atoms with E-state index in [0.717, 1.165) is 56.5 Å². The second-order valence-corrected chi connectivity index (χ2v) is 9.22. The van der Waals surface area contributed by atoms with Crippen molar-refractivity contribution in [2.45, 2.75) is 11.8 Å². The molecule has 0 unspecified atom stereocenters. The van der Waals surface area contributed by atoms with Gasteiger partial charge < -0.3 is 29.4 Å². The molecule has 0 spiro atoms. The van der Waals surface area contributed by atoms with Crippen LogP contribution in [0.3, 0.4) is 0 Å². The molecule has 0 amide bonds. The van der Waals surface area contributed by atoms with E-state index in [1.54, 1.807) is 14.2 Å². The third kappa shape index (κ3) is 4.10. The SMILES string of the molecule is COc1c(-c2cccc(C(c3ccc[nH]3)c3ccc[nH]3)c2OC)cccc1C(c1ccc[nH]1)c1ccc[nH]1. The molecule has 4 heterocycles. The Morgan fingerprint density at radius 2 is 0.789 bits per heavy atom. The molecule has 6 nitrogen and oxygen atoms in total. The van der Waals surface area contributed by atoms with Crippen LogP contribution in [0.2, 0.25) is 0 Å². The Labute approximate surface area is 221 Å². The van der Waals surface area contributed by atoms with Crippen LogP contribution in [0.15, 0.2) is 110 Å². The molecule has 6 rings (SSSR count). The van der Waals surface area contributed by atoms with Gasteiger partial charge in [0.05, 0.1) is 26.1 Å². The maximum atomic E-state index is 6.16. The minimum absolute atomic E-state index is 0.0466. The molecular formula is C32H30N4O2. The second-order valence-electron chi connectivity index (χ2n) is 9.22. The zero-order chi connectivity index (χ0) is 25.9. The van der Waals surface area contributed by atoms with Crippen molar-refractivity contribution in [1.82, 2.24) is 19.9 Å². The molecule has 6 heteroatoms. The molecule has 0 fully saturated rings. The molecule has 0 aliphatic rings. The third-order valence-electron chi connectivity index (χ3n) is 7.14. The van der Waals surface area contributed by atoms with Gasteiger partial charge in [-0.1, -0.05) is 36.4 Å². The molecule has 2 aromatic carbocycles. The number of aromatic amines is 4. The molecule has 4 aromatic heterocycles. The number of methoxy groups -OCH3 is 2. The lowest BCUT2D eigenvalue weighted by molar-refractivity contribution is 0.404. The Morgan fingerprint density at radius 1 is 0.447 bits per heavy atom. The number of aromatic nitrogens is 4. The summed E-state index contributed by atoms with van der Waals surface area (Å²) in [5.74, 6) is 1.53. The predicted octanol–water partition coefficient (Wildman–Crippen LogP) is 7.04. The number of H-pyrrole nitrogens is 4. The number of benzene rings is 2. The quantitative estimate of drug-likeness (QED) is 0.171. The third-order valence-corrected chi connectivity index (χ3v) is 7.14. The van der Waals surface area contributed by atoms with Crippen LogP contribution < -0.4 is 9.47 Å². The van der Waals surface area contributed by atoms with Gasteiger partial charge in [0.25, 0.3) is 0 Å². The number of ether oxygens (including phenoxy) is 2. The van der Waals surface area contributed by atoms with Crippen molar-refractivity contribution in [2.24, 2.45) is 0 Å². The van der Waals surface area contributed by atoms with E-state index in [2.05, 4.69) is 80.6 Å². The molecule has 190 valence electrons. The van der Waals surface area contributed by atoms with Crippen LogP contribution >= 0.6 is 0 Å². The van der Waals surface area contributed by atoms with E-state index in [1.807, 2.05) is 49.1 Å². The molecule has 0 saturated carbocycles. The zero-order valence-electron chi connectivity index (χ0n) is 21.4. The Kier molecular flexibility index (Phi) is 6.36. The van der Waals surface area contributed by atoms with E-state index < -0.39 is 0 Å². The molecule has 0 aliphatic heterocycles. The van der Waals surface area contributed by atoms with Crippen LogP contribution in [-0.2, 0) is 0 Å². The van der Waals surface area contributed by atoms with Crippen LogP contribution in [-0.4, -0.2) is 34.2 Å². The Morgan fingerprint density at radius 3 is 1.05 bits per heavy atom. The second kappa shape index (κ2) is 10.3. The van der Waals surface area contributed by atoms with Gasteiger partial charge in [-0.05, 0) is 48.5 Å². The number of hydrogen-bond donors (Lipinski definition) is 4. The van der Waals surface area contributed by atoms with Gasteiger partial charge in [0.15, 0.2) is 0 Å². The maximum absolute atomic E-state index is 6.16. The standard InChI is InChI=1S/C32H30N4O2/c1-37-31-21(9-3-11-23(31)29(25-13-5-17-33-25)26-14-6-18-34-26)22-10-4-12-24(32(22)38-2)30(27-15-7-19-35-27)28-16-8-20-36-28/h3-20,29-30,33-36H,1-2H3. The maximum Gasteiger partial charge on any atom is 0.131 e. The Hall–Kier alpha value is -4.84. The van der Waals surface area contributed by atoms with Crippen LogP contribution in [0.4, 0.5) is 0 Å². The fourth-order valence-corrected chi connectivity index (χ4v) is 5.54. The van der Waals surface area contributed by atoms with Gasteiger partial charge in [0, 0.05) is 69.8 Å². The highest BCUT2D eigenvalue weighted by Crippen LogP contribution is 2.47. The number of hydrogen-bond acceptors (Lipinski definition) is 2. The van der Waals surface area contributed by atoms with Crippen molar-refractivity contribution in [2.75, 3.05) is 14.2 Å². The molecule has 0 aliphatic carbocycles. The van der Waals surface area contributed by atoms with Crippen molar-refractivity contribution >= 4 is 0 Å². The number of para-hydroxylation sites is 2. The first-order valence-electron chi connectivity index (χ1n) is 12.7. The zero-order valence-corrected chi connectivity index (χ0v) is 21.4. The predicted molar refractivity (Wildman–Crippen MR) is 150 cm³/mol. The molecule has 0 radical (unpaired) electrons. The van der Waals surface area contributed by atoms with E-state index >= 15 is 0 Å². The largest absolute Gasteiger partial charge is 0.496 e. The van der Waals surface area contributed by atoms with Gasteiger partial charge in [0.1, 0.15) is 11.5 Å². The van der Waals surface area contributed by atoms with Crippen molar-refractivity contribution in [3.8, 4) is 22.6 Å². The van der Waals surface area contributed by atoms with Crippen LogP contribution in [0.1, 0.15) is 45.7 Å². The summed E-state index contributed by atoms with van der Waals surface area (Å²) in [5.41, 5.74) is 8.42. The summed E-state index contributed by atoms with van der Waals surface area (Å²) in [6, 6.07) is 29.2. The van der Waals surface area contributed by atoms with Crippen molar-refractivity contribution < 1.29 is 9.47 Å². The van der Waals surface area contributed by atoms with Crippen LogP contribution in [0.5, 0.6) is 11.5 Å². The molecule has 0 saturated heterocycles. The summed E-state index contributed by atoms with van der Waals surface area (Å²) in [6.45, 7) is 0. The highest BCUT2D eigenvalue weighted by Gasteiger charge is 2.28. The van der Waals surface area contributed by atoms with Crippen molar-refractivity contribution in [3.05, 3.63) is 144 Å². The number of rotatable bonds is 9. The smallest absolute Gasteiger partial charge is 0.131 e. The van der Waals surface area contributed by atoms with Gasteiger partial charge in [0.2, 0.25) is 0 Å². The molecule has 4 N–H and O–H groups in total. The lowest BCUT2D eigenvalue weighted by Crippen LogP contribution is -2.09. The first-order chi connectivity index (χ1) is 18.8. The lowest BCUT2D eigenvalue weighted by Gasteiger charge is -2.24. The monoisotopic (exact) mass is 502 g/mol. The van der Waals surface area contributed by atoms with E-state index in [0.29, 0.717) is 0 Å². The van der Waals surface area contributed by atoms with E-state index in [-0.39, 0.29) is 11.8 Å². The van der Waals surface area contributed by atoms with Crippen molar-refractivity contribution in [3.63, 3.8) is 0 Å². The Bertz CT molecular complexity index is 1390. The lowest BCUT2D eigenvalue weighted by atomic mass is 9.86. The summed E-state index contributed by atoms with van der Waals surface area (Å²) in [6.07, 6.45) is 7.82. The highest BCUT2D eigenvalue weighted by molar-refractivity contribution is 5.80. The number of nitrogens with one attached hydrogen (secondary N) is 4. The van der Waals surface area contributed by atoms with Gasteiger partial charge in [-0.3, -0.25) is 0 Å². The average Bonchev–Trinajstić information content (AvgIpc) is 3.78. The summed E-state index contributed by atoms with van der Waals surface area (Å²) in [7, 11) is 3.47. The van der Waals surface area contributed by atoms with Gasteiger partial charge in [-0.25, -0.2) is 0 Å². The summed E-state index contributed by atoms with van der Waals surface area (Å²) in [4.78, 5) is 13.6. The summed E-state index contributed by atoms with van der Waals surface area (Å²) < 4.78 is 12.3. The fourth-order valence-electron chi connectivity index (χ4n) is 5.54. The molecule has 0 bridgehead atoms.